The molecule has 150 valence electrons. The highest BCUT2D eigenvalue weighted by molar-refractivity contribution is 5.85. The molecule has 0 fully saturated rings. The Labute approximate surface area is 177 Å². The molecule has 3 heterocycles. The number of ether oxygens (including phenoxy) is 2. The van der Waals surface area contributed by atoms with Gasteiger partial charge >= 0.3 is 0 Å². The lowest BCUT2D eigenvalue weighted by atomic mass is 10.1. The van der Waals surface area contributed by atoms with E-state index in [1.807, 2.05) is 48.5 Å². The van der Waals surface area contributed by atoms with Crippen molar-refractivity contribution in [3.05, 3.63) is 78.2 Å². The predicted octanol–water partition coefficient (Wildman–Crippen LogP) is 3.80. The molecule has 0 saturated carbocycles. The molecule has 0 aliphatic heterocycles. The maximum Gasteiger partial charge on any atom is 0.192 e. The lowest BCUT2D eigenvalue weighted by molar-refractivity contribution is 0.296. The lowest BCUT2D eigenvalue weighted by Gasteiger charge is -2.09. The quantitative estimate of drug-likeness (QED) is 0.436. The number of hydrogen-bond donors (Lipinski definition) is 0. The normalized spacial score (nSPS) is 10.8. The summed E-state index contributed by atoms with van der Waals surface area (Å²) < 4.78 is 13.0. The van der Waals surface area contributed by atoms with E-state index < -0.39 is 0 Å². The number of fused-ring (bicyclic) bond motifs is 2. The van der Waals surface area contributed by atoms with Crippen molar-refractivity contribution in [1.82, 2.24) is 24.8 Å². The Hall–Kier alpha value is -4.51. The Morgan fingerprint density at radius 3 is 2.68 bits per heavy atom. The molecule has 0 N–H and O–H groups in total. The summed E-state index contributed by atoms with van der Waals surface area (Å²) in [7, 11) is 1.62. The van der Waals surface area contributed by atoms with E-state index >= 15 is 0 Å². The van der Waals surface area contributed by atoms with E-state index in [1.165, 1.54) is 0 Å². The Morgan fingerprint density at radius 1 is 1.00 bits per heavy atom. The molecule has 8 nitrogen and oxygen atoms in total. The largest absolute Gasteiger partial charge is 0.497 e. The van der Waals surface area contributed by atoms with Crippen LogP contribution in [-0.4, -0.2) is 31.9 Å². The number of nitriles is 1. The minimum absolute atomic E-state index is 0.191. The van der Waals surface area contributed by atoms with Crippen LogP contribution in [0.1, 0.15) is 11.4 Å². The van der Waals surface area contributed by atoms with Gasteiger partial charge in [0.25, 0.3) is 0 Å². The van der Waals surface area contributed by atoms with Gasteiger partial charge in [0, 0.05) is 23.2 Å². The second-order valence-electron chi connectivity index (χ2n) is 6.77. The molecule has 0 spiro atoms. The second-order valence-corrected chi connectivity index (χ2v) is 6.77. The molecule has 0 aliphatic carbocycles. The molecule has 0 atom stereocenters. The summed E-state index contributed by atoms with van der Waals surface area (Å²) in [6.45, 7) is 0.191. The van der Waals surface area contributed by atoms with Gasteiger partial charge in [0.15, 0.2) is 11.5 Å². The third-order valence-corrected chi connectivity index (χ3v) is 4.90. The fourth-order valence-electron chi connectivity index (χ4n) is 3.29. The van der Waals surface area contributed by atoms with Gasteiger partial charge in [0.05, 0.1) is 30.0 Å². The highest BCUT2D eigenvalue weighted by Crippen LogP contribution is 2.27. The van der Waals surface area contributed by atoms with Gasteiger partial charge in [-0.3, -0.25) is 4.98 Å². The second kappa shape index (κ2) is 7.72. The lowest BCUT2D eigenvalue weighted by Crippen LogP contribution is -2.05. The van der Waals surface area contributed by atoms with Gasteiger partial charge in [-0.2, -0.15) is 14.9 Å². The van der Waals surface area contributed by atoms with Crippen molar-refractivity contribution in [1.29, 1.82) is 5.26 Å². The Balaban J connectivity index is 1.44. The van der Waals surface area contributed by atoms with E-state index in [4.69, 9.17) is 14.7 Å². The summed E-state index contributed by atoms with van der Waals surface area (Å²) in [5.41, 5.74) is 3.66. The van der Waals surface area contributed by atoms with Crippen LogP contribution in [0.3, 0.4) is 0 Å². The van der Waals surface area contributed by atoms with Crippen molar-refractivity contribution >= 4 is 16.6 Å². The first kappa shape index (κ1) is 18.5. The fraction of sp³-hybridized carbons (Fsp3) is 0.0870. The summed E-state index contributed by atoms with van der Waals surface area (Å²) >= 11 is 0. The monoisotopic (exact) mass is 408 g/mol. The summed E-state index contributed by atoms with van der Waals surface area (Å²) in [5, 5.41) is 22.9. The highest BCUT2D eigenvalue weighted by atomic mass is 16.5. The first-order chi connectivity index (χ1) is 15.2. The molecule has 8 heteroatoms. The summed E-state index contributed by atoms with van der Waals surface area (Å²) in [6.07, 6.45) is 1.69. The van der Waals surface area contributed by atoms with Crippen LogP contribution in [0, 0.1) is 11.3 Å². The maximum atomic E-state index is 8.98. The molecule has 0 saturated heterocycles. The maximum absolute atomic E-state index is 8.98. The Morgan fingerprint density at radius 2 is 1.87 bits per heavy atom. The molecule has 5 rings (SSSR count). The number of nitrogens with zero attached hydrogens (tertiary/aromatic N) is 6. The molecule has 3 aromatic heterocycles. The topological polar surface area (TPSA) is 98.2 Å². The standard InChI is InChI=1S/C23H16N6O2/c1-30-17-6-7-18-20(12-17)25-11-10-21(18)31-14-23-27-26-22-9-8-19(28-29(22)23)16-4-2-15(13-24)3-5-16/h2-12H,14H2,1H3. The molecular weight excluding hydrogens is 392 g/mol. The van der Waals surface area contributed by atoms with Crippen molar-refractivity contribution in [2.75, 3.05) is 7.11 Å². The van der Waals surface area contributed by atoms with Crippen LogP contribution in [0.4, 0.5) is 0 Å². The molecule has 2 aromatic carbocycles. The fourth-order valence-corrected chi connectivity index (χ4v) is 3.29. The average molecular weight is 408 g/mol. The Kier molecular flexibility index (Phi) is 4.61. The van der Waals surface area contributed by atoms with Gasteiger partial charge in [0.1, 0.15) is 18.1 Å². The van der Waals surface area contributed by atoms with Gasteiger partial charge in [-0.1, -0.05) is 12.1 Å². The van der Waals surface area contributed by atoms with Crippen molar-refractivity contribution in [3.63, 3.8) is 0 Å². The molecule has 0 unspecified atom stereocenters. The molecule has 0 radical (unpaired) electrons. The van der Waals surface area contributed by atoms with Crippen LogP contribution in [0.15, 0.2) is 66.9 Å². The van der Waals surface area contributed by atoms with Crippen LogP contribution >= 0.6 is 0 Å². The number of benzene rings is 2. The number of rotatable bonds is 5. The number of pyridine rings is 1. The first-order valence-electron chi connectivity index (χ1n) is 9.52. The van der Waals surface area contributed by atoms with E-state index in [-0.39, 0.29) is 6.61 Å². The molecule has 0 amide bonds. The van der Waals surface area contributed by atoms with Gasteiger partial charge in [-0.05, 0) is 42.5 Å². The summed E-state index contributed by atoms with van der Waals surface area (Å²) in [5.74, 6) is 2.00. The summed E-state index contributed by atoms with van der Waals surface area (Å²) in [6, 6.07) is 20.6. The van der Waals surface area contributed by atoms with E-state index in [1.54, 1.807) is 30.0 Å². The van der Waals surface area contributed by atoms with Crippen LogP contribution in [0.25, 0.3) is 27.8 Å². The van der Waals surface area contributed by atoms with E-state index in [0.717, 1.165) is 27.9 Å². The van der Waals surface area contributed by atoms with Gasteiger partial charge < -0.3 is 9.47 Å². The molecule has 0 aliphatic rings. The Bertz CT molecular complexity index is 1440. The minimum Gasteiger partial charge on any atom is -0.497 e. The van der Waals surface area contributed by atoms with E-state index in [9.17, 15) is 0 Å². The SMILES string of the molecule is COc1ccc2c(OCc3nnc4ccc(-c5ccc(C#N)cc5)nn34)ccnc2c1. The smallest absolute Gasteiger partial charge is 0.192 e. The van der Waals surface area contributed by atoms with Gasteiger partial charge in [-0.15, -0.1) is 10.2 Å². The van der Waals surface area contributed by atoms with Crippen molar-refractivity contribution in [2.24, 2.45) is 0 Å². The third-order valence-electron chi connectivity index (χ3n) is 4.90. The minimum atomic E-state index is 0.191. The third kappa shape index (κ3) is 3.49. The van der Waals surface area contributed by atoms with Gasteiger partial charge in [0.2, 0.25) is 0 Å². The van der Waals surface area contributed by atoms with Crippen LogP contribution in [0.5, 0.6) is 11.5 Å². The van der Waals surface area contributed by atoms with Crippen molar-refractivity contribution in [2.45, 2.75) is 6.61 Å². The van der Waals surface area contributed by atoms with Crippen LogP contribution in [-0.2, 0) is 6.61 Å². The zero-order valence-electron chi connectivity index (χ0n) is 16.6. The first-order valence-corrected chi connectivity index (χ1v) is 9.52. The number of aromatic nitrogens is 5. The predicted molar refractivity (Wildman–Crippen MR) is 114 cm³/mol. The number of methoxy groups -OCH3 is 1. The molecular formula is C23H16N6O2. The number of hydrogen-bond acceptors (Lipinski definition) is 7. The highest BCUT2D eigenvalue weighted by Gasteiger charge is 2.11. The average Bonchev–Trinajstić information content (AvgIpc) is 3.24. The zero-order chi connectivity index (χ0) is 21.2. The summed E-state index contributed by atoms with van der Waals surface area (Å²) in [4.78, 5) is 4.38. The van der Waals surface area contributed by atoms with E-state index in [2.05, 4.69) is 26.3 Å². The molecule has 31 heavy (non-hydrogen) atoms. The van der Waals surface area contributed by atoms with E-state index in [0.29, 0.717) is 22.8 Å². The molecule has 5 aromatic rings. The van der Waals surface area contributed by atoms with Crippen LogP contribution in [0.2, 0.25) is 0 Å². The van der Waals surface area contributed by atoms with Gasteiger partial charge in [-0.25, -0.2) is 0 Å². The zero-order valence-corrected chi connectivity index (χ0v) is 16.6. The van der Waals surface area contributed by atoms with Crippen molar-refractivity contribution in [3.8, 4) is 28.8 Å². The molecule has 0 bridgehead atoms. The van der Waals surface area contributed by atoms with Crippen molar-refractivity contribution < 1.29 is 9.47 Å². The van der Waals surface area contributed by atoms with Crippen LogP contribution < -0.4 is 9.47 Å².